The second-order valence-corrected chi connectivity index (χ2v) is 5.91. The highest BCUT2D eigenvalue weighted by molar-refractivity contribution is 5.52. The molecule has 3 rings (SSSR count). The molecular weight excluding hydrogens is 256 g/mol. The molecule has 21 heavy (non-hydrogen) atoms. The maximum atomic E-state index is 3.62. The fraction of sp³-hybridized carbons (Fsp3) is 0.368. The Morgan fingerprint density at radius 2 is 1.90 bits per heavy atom. The summed E-state index contributed by atoms with van der Waals surface area (Å²) in [5.74, 6) is 0. The number of aryl methyl sites for hydroxylation is 1. The van der Waals surface area contributed by atoms with E-state index in [1.54, 1.807) is 0 Å². The van der Waals surface area contributed by atoms with Crippen LogP contribution in [0, 0.1) is 0 Å². The lowest BCUT2D eigenvalue weighted by molar-refractivity contribution is 0.416. The fourth-order valence-electron chi connectivity index (χ4n) is 3.12. The SMILES string of the molecule is CCc1cccc(N2CC(C)NCC2c2ccccc2)c1. The number of piperazine rings is 1. The molecule has 0 bridgehead atoms. The van der Waals surface area contributed by atoms with Crippen molar-refractivity contribution in [1.29, 1.82) is 0 Å². The van der Waals surface area contributed by atoms with Crippen molar-refractivity contribution in [3.05, 3.63) is 65.7 Å². The number of anilines is 1. The molecule has 0 radical (unpaired) electrons. The van der Waals surface area contributed by atoms with Crippen molar-refractivity contribution in [2.24, 2.45) is 0 Å². The molecule has 0 amide bonds. The van der Waals surface area contributed by atoms with Gasteiger partial charge in [-0.25, -0.2) is 0 Å². The Hall–Kier alpha value is -1.80. The Labute approximate surface area is 127 Å². The third kappa shape index (κ3) is 3.11. The summed E-state index contributed by atoms with van der Waals surface area (Å²) in [7, 11) is 0. The van der Waals surface area contributed by atoms with Gasteiger partial charge in [0.1, 0.15) is 0 Å². The summed E-state index contributed by atoms with van der Waals surface area (Å²) >= 11 is 0. The molecular formula is C19H24N2. The molecule has 0 saturated carbocycles. The Kier molecular flexibility index (Phi) is 4.26. The van der Waals surface area contributed by atoms with E-state index in [-0.39, 0.29) is 0 Å². The summed E-state index contributed by atoms with van der Waals surface area (Å²) in [5, 5.41) is 3.62. The number of hydrogen-bond donors (Lipinski definition) is 1. The standard InChI is InChI=1S/C19H24N2/c1-3-16-8-7-11-18(12-16)21-14-15(2)20-13-19(21)17-9-5-4-6-10-17/h4-12,15,19-20H,3,13-14H2,1-2H3. The molecule has 2 nitrogen and oxygen atoms in total. The van der Waals surface area contributed by atoms with Crippen molar-refractivity contribution in [2.75, 3.05) is 18.0 Å². The van der Waals surface area contributed by atoms with Crippen LogP contribution in [0.15, 0.2) is 54.6 Å². The van der Waals surface area contributed by atoms with Crippen molar-refractivity contribution in [2.45, 2.75) is 32.4 Å². The first-order valence-electron chi connectivity index (χ1n) is 7.92. The summed E-state index contributed by atoms with van der Waals surface area (Å²) in [6, 6.07) is 20.7. The first-order valence-corrected chi connectivity index (χ1v) is 7.92. The van der Waals surface area contributed by atoms with Gasteiger partial charge in [0.25, 0.3) is 0 Å². The van der Waals surface area contributed by atoms with Crippen LogP contribution in [0.1, 0.15) is 31.0 Å². The van der Waals surface area contributed by atoms with Gasteiger partial charge < -0.3 is 10.2 Å². The van der Waals surface area contributed by atoms with E-state index in [0.717, 1.165) is 19.5 Å². The largest absolute Gasteiger partial charge is 0.362 e. The third-order valence-corrected chi connectivity index (χ3v) is 4.34. The molecule has 1 N–H and O–H groups in total. The van der Waals surface area contributed by atoms with Gasteiger partial charge in [0.15, 0.2) is 0 Å². The molecule has 110 valence electrons. The van der Waals surface area contributed by atoms with Crippen LogP contribution in [0.2, 0.25) is 0 Å². The predicted octanol–water partition coefficient (Wildman–Crippen LogP) is 3.79. The Bertz CT molecular complexity index is 579. The van der Waals surface area contributed by atoms with E-state index in [4.69, 9.17) is 0 Å². The van der Waals surface area contributed by atoms with E-state index in [0.29, 0.717) is 12.1 Å². The summed E-state index contributed by atoms with van der Waals surface area (Å²) < 4.78 is 0. The van der Waals surface area contributed by atoms with E-state index in [1.807, 2.05) is 0 Å². The molecule has 2 aromatic rings. The summed E-state index contributed by atoms with van der Waals surface area (Å²) in [4.78, 5) is 2.55. The highest BCUT2D eigenvalue weighted by atomic mass is 15.2. The monoisotopic (exact) mass is 280 g/mol. The predicted molar refractivity (Wildman–Crippen MR) is 89.8 cm³/mol. The van der Waals surface area contributed by atoms with Gasteiger partial charge in [-0.3, -0.25) is 0 Å². The highest BCUT2D eigenvalue weighted by Gasteiger charge is 2.27. The number of hydrogen-bond acceptors (Lipinski definition) is 2. The van der Waals surface area contributed by atoms with Gasteiger partial charge in [0.05, 0.1) is 6.04 Å². The maximum Gasteiger partial charge on any atom is 0.0667 e. The van der Waals surface area contributed by atoms with E-state index in [1.165, 1.54) is 16.8 Å². The lowest BCUT2D eigenvalue weighted by Crippen LogP contribution is -2.51. The quantitative estimate of drug-likeness (QED) is 0.920. The Balaban J connectivity index is 1.94. The molecule has 2 aromatic carbocycles. The van der Waals surface area contributed by atoms with Gasteiger partial charge in [-0.15, -0.1) is 0 Å². The minimum atomic E-state index is 0.412. The summed E-state index contributed by atoms with van der Waals surface area (Å²) in [6.07, 6.45) is 1.09. The molecule has 1 fully saturated rings. The van der Waals surface area contributed by atoms with E-state index in [9.17, 15) is 0 Å². The molecule has 1 aliphatic rings. The smallest absolute Gasteiger partial charge is 0.0667 e. The first kappa shape index (κ1) is 14.2. The normalized spacial score (nSPS) is 22.3. The maximum absolute atomic E-state index is 3.62. The minimum absolute atomic E-state index is 0.412. The molecule has 1 saturated heterocycles. The van der Waals surface area contributed by atoms with Crippen LogP contribution in [0.4, 0.5) is 5.69 Å². The summed E-state index contributed by atoms with van der Waals surface area (Å²) in [6.45, 7) is 6.53. The average Bonchev–Trinajstić information content (AvgIpc) is 2.55. The molecule has 2 atom stereocenters. The summed E-state index contributed by atoms with van der Waals surface area (Å²) in [5.41, 5.74) is 4.14. The fourth-order valence-corrected chi connectivity index (χ4v) is 3.12. The molecule has 1 heterocycles. The van der Waals surface area contributed by atoms with Gasteiger partial charge in [-0.2, -0.15) is 0 Å². The van der Waals surface area contributed by atoms with Crippen LogP contribution < -0.4 is 10.2 Å². The van der Waals surface area contributed by atoms with Crippen LogP contribution in [-0.4, -0.2) is 19.1 Å². The van der Waals surface area contributed by atoms with Crippen molar-refractivity contribution in [1.82, 2.24) is 5.32 Å². The molecule has 2 unspecified atom stereocenters. The van der Waals surface area contributed by atoms with E-state index in [2.05, 4.69) is 78.7 Å². The molecule has 2 heteroatoms. The second-order valence-electron chi connectivity index (χ2n) is 5.91. The van der Waals surface area contributed by atoms with Crippen LogP contribution in [-0.2, 0) is 6.42 Å². The second kappa shape index (κ2) is 6.31. The zero-order valence-corrected chi connectivity index (χ0v) is 12.9. The van der Waals surface area contributed by atoms with Crippen LogP contribution in [0.5, 0.6) is 0 Å². The molecule has 0 aromatic heterocycles. The lowest BCUT2D eigenvalue weighted by Gasteiger charge is -2.41. The van der Waals surface area contributed by atoms with E-state index < -0.39 is 0 Å². The van der Waals surface area contributed by atoms with Crippen LogP contribution in [0.25, 0.3) is 0 Å². The first-order chi connectivity index (χ1) is 10.3. The average molecular weight is 280 g/mol. The molecule has 1 aliphatic heterocycles. The van der Waals surface area contributed by atoms with Gasteiger partial charge in [0, 0.05) is 24.8 Å². The van der Waals surface area contributed by atoms with Crippen molar-refractivity contribution in [3.63, 3.8) is 0 Å². The molecule has 0 aliphatic carbocycles. The number of rotatable bonds is 3. The third-order valence-electron chi connectivity index (χ3n) is 4.34. The van der Waals surface area contributed by atoms with E-state index >= 15 is 0 Å². The number of nitrogens with one attached hydrogen (secondary N) is 1. The number of benzene rings is 2. The Morgan fingerprint density at radius 3 is 2.67 bits per heavy atom. The van der Waals surface area contributed by atoms with Gasteiger partial charge in [-0.05, 0) is 36.6 Å². The number of nitrogens with zero attached hydrogens (tertiary/aromatic N) is 1. The zero-order chi connectivity index (χ0) is 14.7. The van der Waals surface area contributed by atoms with Gasteiger partial charge in [-0.1, -0.05) is 49.4 Å². The topological polar surface area (TPSA) is 15.3 Å². The van der Waals surface area contributed by atoms with Gasteiger partial charge >= 0.3 is 0 Å². The Morgan fingerprint density at radius 1 is 1.10 bits per heavy atom. The van der Waals surface area contributed by atoms with Crippen LogP contribution in [0.3, 0.4) is 0 Å². The van der Waals surface area contributed by atoms with Crippen molar-refractivity contribution < 1.29 is 0 Å². The minimum Gasteiger partial charge on any atom is -0.362 e. The van der Waals surface area contributed by atoms with Crippen molar-refractivity contribution in [3.8, 4) is 0 Å². The zero-order valence-electron chi connectivity index (χ0n) is 12.9. The van der Waals surface area contributed by atoms with Gasteiger partial charge in [0.2, 0.25) is 0 Å². The van der Waals surface area contributed by atoms with Crippen molar-refractivity contribution >= 4 is 5.69 Å². The van der Waals surface area contributed by atoms with Crippen LogP contribution >= 0.6 is 0 Å². The molecule has 0 spiro atoms. The highest BCUT2D eigenvalue weighted by Crippen LogP contribution is 2.30. The lowest BCUT2D eigenvalue weighted by atomic mass is 10.00.